The van der Waals surface area contributed by atoms with Crippen molar-refractivity contribution in [1.82, 2.24) is 0 Å². The van der Waals surface area contributed by atoms with Gasteiger partial charge in [0.05, 0.1) is 5.71 Å². The van der Waals surface area contributed by atoms with E-state index >= 15 is 0 Å². The summed E-state index contributed by atoms with van der Waals surface area (Å²) in [5.41, 5.74) is 5.29. The van der Waals surface area contributed by atoms with Crippen LogP contribution >= 0.6 is 0 Å². The number of hydrogen-bond donors (Lipinski definition) is 0. The second-order valence-electron chi connectivity index (χ2n) is 7.52. The molecule has 3 rings (SSSR count). The van der Waals surface area contributed by atoms with E-state index in [1.807, 2.05) is 0 Å². The quantitative estimate of drug-likeness (QED) is 0.703. The molecular weight excluding hydrogens is 268 g/mol. The molecule has 1 fully saturated rings. The van der Waals surface area contributed by atoms with Crippen LogP contribution in [0.2, 0.25) is 0 Å². The molecule has 0 saturated heterocycles. The van der Waals surface area contributed by atoms with Crippen LogP contribution < -0.4 is 0 Å². The molecule has 2 aliphatic rings. The third-order valence-electron chi connectivity index (χ3n) is 5.33. The molecule has 0 heterocycles. The first-order valence-corrected chi connectivity index (χ1v) is 8.74. The van der Waals surface area contributed by atoms with Gasteiger partial charge in [-0.15, -0.1) is 0 Å². The molecule has 22 heavy (non-hydrogen) atoms. The van der Waals surface area contributed by atoms with Gasteiger partial charge in [0.1, 0.15) is 0 Å². The van der Waals surface area contributed by atoms with Crippen molar-refractivity contribution in [1.29, 1.82) is 5.26 Å². The van der Waals surface area contributed by atoms with Crippen LogP contribution in [-0.2, 0) is 12.8 Å². The molecule has 0 aliphatic heterocycles. The van der Waals surface area contributed by atoms with Crippen LogP contribution in [0.5, 0.6) is 0 Å². The Labute approximate surface area is 134 Å². The van der Waals surface area contributed by atoms with Crippen LogP contribution in [0.3, 0.4) is 0 Å². The van der Waals surface area contributed by atoms with Crippen LogP contribution in [0.15, 0.2) is 23.2 Å². The molecule has 0 radical (unpaired) electrons. The Morgan fingerprint density at radius 3 is 2.55 bits per heavy atom. The minimum atomic E-state index is 0.144. The zero-order valence-electron chi connectivity index (χ0n) is 13.9. The molecule has 1 aromatic carbocycles. The van der Waals surface area contributed by atoms with Gasteiger partial charge < -0.3 is 0 Å². The number of hydrogen-bond acceptors (Lipinski definition) is 2. The van der Waals surface area contributed by atoms with Crippen LogP contribution in [0.25, 0.3) is 0 Å². The number of nitriles is 1. The molecule has 116 valence electrons. The maximum absolute atomic E-state index is 9.21. The highest BCUT2D eigenvalue weighted by molar-refractivity contribution is 6.09. The van der Waals surface area contributed by atoms with Crippen LogP contribution in [0, 0.1) is 22.8 Å². The van der Waals surface area contributed by atoms with Gasteiger partial charge in [-0.3, -0.25) is 0 Å². The van der Waals surface area contributed by atoms with Crippen molar-refractivity contribution in [2.24, 2.45) is 16.3 Å². The molecule has 1 spiro atoms. The minimum absolute atomic E-state index is 0.144. The molecular formula is C20H26N2. The van der Waals surface area contributed by atoms with E-state index in [1.54, 1.807) is 0 Å². The zero-order valence-corrected chi connectivity index (χ0v) is 13.9. The second-order valence-corrected chi connectivity index (χ2v) is 7.52. The summed E-state index contributed by atoms with van der Waals surface area (Å²) in [5.74, 6) is 0.655. The van der Waals surface area contributed by atoms with E-state index in [9.17, 15) is 5.26 Å². The number of fused-ring (bicyclic) bond motifs is 1. The van der Waals surface area contributed by atoms with Gasteiger partial charge in [-0.2, -0.15) is 10.3 Å². The average molecular weight is 294 g/mol. The average Bonchev–Trinajstić information content (AvgIpc) is 2.63. The monoisotopic (exact) mass is 294 g/mol. The van der Waals surface area contributed by atoms with Crippen LogP contribution in [0.1, 0.15) is 69.1 Å². The highest BCUT2D eigenvalue weighted by Crippen LogP contribution is 2.47. The maximum atomic E-state index is 9.21. The van der Waals surface area contributed by atoms with Crippen molar-refractivity contribution in [3.05, 3.63) is 34.9 Å². The SMILES string of the molecule is CC(C)Cc1ccc2c(c1)C(=NC#N)C1(CCCCCC1)C2. The van der Waals surface area contributed by atoms with E-state index in [4.69, 9.17) is 0 Å². The van der Waals surface area contributed by atoms with Gasteiger partial charge in [0.2, 0.25) is 6.19 Å². The summed E-state index contributed by atoms with van der Waals surface area (Å²) in [5, 5.41) is 9.21. The minimum Gasteiger partial charge on any atom is -0.177 e. The number of nitrogens with zero attached hydrogens (tertiary/aromatic N) is 2. The summed E-state index contributed by atoms with van der Waals surface area (Å²) in [6.45, 7) is 4.51. The first kappa shape index (κ1) is 15.3. The van der Waals surface area contributed by atoms with Crippen molar-refractivity contribution in [3.63, 3.8) is 0 Å². The van der Waals surface area contributed by atoms with Crippen molar-refractivity contribution in [2.45, 2.75) is 65.2 Å². The van der Waals surface area contributed by atoms with Gasteiger partial charge >= 0.3 is 0 Å². The third-order valence-corrected chi connectivity index (χ3v) is 5.33. The van der Waals surface area contributed by atoms with Crippen molar-refractivity contribution < 1.29 is 0 Å². The number of rotatable bonds is 2. The Morgan fingerprint density at radius 2 is 1.91 bits per heavy atom. The summed E-state index contributed by atoms with van der Waals surface area (Å²) in [7, 11) is 0. The van der Waals surface area contributed by atoms with E-state index < -0.39 is 0 Å². The predicted molar refractivity (Wildman–Crippen MR) is 91.0 cm³/mol. The van der Waals surface area contributed by atoms with Gasteiger partial charge in [0.25, 0.3) is 0 Å². The van der Waals surface area contributed by atoms with Gasteiger partial charge in [-0.05, 0) is 48.8 Å². The summed E-state index contributed by atoms with van der Waals surface area (Å²) in [4.78, 5) is 4.33. The molecule has 1 saturated carbocycles. The van der Waals surface area contributed by atoms with E-state index in [2.05, 4.69) is 43.2 Å². The molecule has 2 nitrogen and oxygen atoms in total. The number of benzene rings is 1. The smallest absolute Gasteiger partial charge is 0.177 e. The maximum Gasteiger partial charge on any atom is 0.205 e. The molecule has 0 atom stereocenters. The Bertz CT molecular complexity index is 611. The zero-order chi connectivity index (χ0) is 15.6. The Morgan fingerprint density at radius 1 is 1.18 bits per heavy atom. The molecule has 0 amide bonds. The fraction of sp³-hybridized carbons (Fsp3) is 0.600. The van der Waals surface area contributed by atoms with Crippen molar-refractivity contribution in [2.75, 3.05) is 0 Å². The van der Waals surface area contributed by atoms with Gasteiger partial charge in [0, 0.05) is 11.0 Å². The fourth-order valence-corrected chi connectivity index (χ4v) is 4.38. The normalized spacial score (nSPS) is 21.8. The van der Waals surface area contributed by atoms with Crippen LogP contribution in [-0.4, -0.2) is 5.71 Å². The first-order valence-electron chi connectivity index (χ1n) is 8.74. The molecule has 0 aromatic heterocycles. The van der Waals surface area contributed by atoms with Crippen molar-refractivity contribution in [3.8, 4) is 6.19 Å². The van der Waals surface area contributed by atoms with E-state index in [0.717, 1.165) is 18.6 Å². The highest BCUT2D eigenvalue weighted by Gasteiger charge is 2.43. The third kappa shape index (κ3) is 2.82. The largest absolute Gasteiger partial charge is 0.205 e. The second kappa shape index (κ2) is 6.24. The summed E-state index contributed by atoms with van der Waals surface area (Å²) in [6.07, 6.45) is 11.9. The Kier molecular flexibility index (Phi) is 4.34. The van der Waals surface area contributed by atoms with Crippen molar-refractivity contribution >= 4 is 5.71 Å². The molecule has 0 unspecified atom stereocenters. The molecule has 0 N–H and O–H groups in total. The lowest BCUT2D eigenvalue weighted by Crippen LogP contribution is -2.28. The first-order chi connectivity index (χ1) is 10.6. The lowest BCUT2D eigenvalue weighted by atomic mass is 9.76. The standard InChI is InChI=1S/C20H26N2/c1-15(2)11-16-7-8-17-13-20(9-5-3-4-6-10-20)19(22-14-21)18(17)12-16/h7-8,12,15H,3-6,9-11,13H2,1-2H3. The van der Waals surface area contributed by atoms with Gasteiger partial charge in [0.15, 0.2) is 0 Å². The van der Waals surface area contributed by atoms with Gasteiger partial charge in [-0.25, -0.2) is 0 Å². The van der Waals surface area contributed by atoms with E-state index in [0.29, 0.717) is 5.92 Å². The van der Waals surface area contributed by atoms with E-state index in [-0.39, 0.29) is 5.41 Å². The summed E-state index contributed by atoms with van der Waals surface area (Å²) >= 11 is 0. The number of aliphatic imine (C=N–C) groups is 1. The van der Waals surface area contributed by atoms with Gasteiger partial charge in [-0.1, -0.05) is 51.7 Å². The fourth-order valence-electron chi connectivity index (χ4n) is 4.38. The molecule has 2 heteroatoms. The lowest BCUT2D eigenvalue weighted by Gasteiger charge is -2.27. The lowest BCUT2D eigenvalue weighted by molar-refractivity contribution is 0.372. The summed E-state index contributed by atoms with van der Waals surface area (Å²) < 4.78 is 0. The highest BCUT2D eigenvalue weighted by atomic mass is 14.8. The Balaban J connectivity index is 2.01. The topological polar surface area (TPSA) is 36.1 Å². The summed E-state index contributed by atoms with van der Waals surface area (Å²) in [6, 6.07) is 6.88. The molecule has 0 bridgehead atoms. The van der Waals surface area contributed by atoms with Crippen LogP contribution in [0.4, 0.5) is 0 Å². The van der Waals surface area contributed by atoms with E-state index in [1.165, 1.54) is 55.2 Å². The Hall–Kier alpha value is -1.62. The molecule has 1 aromatic rings. The molecule has 2 aliphatic carbocycles. The predicted octanol–water partition coefficient (Wildman–Crippen LogP) is 5.05.